The van der Waals surface area contributed by atoms with Crippen LogP contribution < -0.4 is 4.90 Å². The van der Waals surface area contributed by atoms with E-state index < -0.39 is 21.7 Å². The predicted octanol–water partition coefficient (Wildman–Crippen LogP) is 3.59. The summed E-state index contributed by atoms with van der Waals surface area (Å²) in [5.41, 5.74) is 1.32. The lowest BCUT2D eigenvalue weighted by Crippen LogP contribution is -2.29. The molecule has 0 N–H and O–H groups in total. The third kappa shape index (κ3) is 3.20. The zero-order valence-corrected chi connectivity index (χ0v) is 16.3. The zero-order valence-electron chi connectivity index (χ0n) is 14.0. The summed E-state index contributed by atoms with van der Waals surface area (Å²) in [6.45, 7) is 0.347. The van der Waals surface area contributed by atoms with Gasteiger partial charge in [-0.05, 0) is 42.3 Å². The Morgan fingerprint density at radius 3 is 2.50 bits per heavy atom. The highest BCUT2D eigenvalue weighted by atomic mass is 35.5. The summed E-state index contributed by atoms with van der Waals surface area (Å²) in [5, 5.41) is -0.103. The van der Waals surface area contributed by atoms with Crippen LogP contribution in [0.4, 0.5) is 10.1 Å². The minimum absolute atomic E-state index is 0.00593. The van der Waals surface area contributed by atoms with Crippen molar-refractivity contribution < 1.29 is 17.6 Å². The highest BCUT2D eigenvalue weighted by Gasteiger charge is 2.29. The molecular weight excluding hydrogens is 402 g/mol. The Kier molecular flexibility index (Phi) is 5.00. The number of carbonyl (C=O) groups excluding carboxylic acids is 1. The average molecular weight is 417 g/mol. The van der Waals surface area contributed by atoms with Crippen LogP contribution in [-0.2, 0) is 16.4 Å². The molecule has 3 rings (SSSR count). The number of rotatable bonds is 3. The first-order valence-electron chi connectivity index (χ1n) is 7.65. The highest BCUT2D eigenvalue weighted by Crippen LogP contribution is 2.33. The molecule has 0 saturated heterocycles. The topological polar surface area (TPSA) is 57.7 Å². The Labute approximate surface area is 161 Å². The van der Waals surface area contributed by atoms with E-state index in [0.29, 0.717) is 18.7 Å². The Bertz CT molecular complexity index is 1010. The maximum Gasteiger partial charge on any atom is 0.259 e. The van der Waals surface area contributed by atoms with Gasteiger partial charge in [-0.2, -0.15) is 0 Å². The van der Waals surface area contributed by atoms with Crippen LogP contribution in [-0.4, -0.2) is 39.3 Å². The van der Waals surface area contributed by atoms with Gasteiger partial charge in [-0.3, -0.25) is 4.79 Å². The summed E-state index contributed by atoms with van der Waals surface area (Å²) in [6, 6.07) is 6.79. The molecule has 0 unspecified atom stereocenters. The number of sulfonamides is 1. The van der Waals surface area contributed by atoms with E-state index in [1.807, 2.05) is 0 Å². The van der Waals surface area contributed by atoms with Crippen molar-refractivity contribution in [1.82, 2.24) is 4.31 Å². The second kappa shape index (κ2) is 6.81. The first-order valence-corrected chi connectivity index (χ1v) is 9.84. The molecule has 0 bridgehead atoms. The SMILES string of the molecule is CN(C)S(=O)(=O)c1ccc2c(c1)CCN2C(=O)c1cc(F)c(Cl)cc1Cl. The molecule has 26 heavy (non-hydrogen) atoms. The van der Waals surface area contributed by atoms with Gasteiger partial charge in [-0.25, -0.2) is 17.1 Å². The molecule has 0 aromatic heterocycles. The molecule has 1 aliphatic rings. The lowest BCUT2D eigenvalue weighted by molar-refractivity contribution is 0.0989. The van der Waals surface area contributed by atoms with Gasteiger partial charge in [0.05, 0.1) is 20.5 Å². The molecule has 2 aromatic carbocycles. The van der Waals surface area contributed by atoms with Crippen molar-refractivity contribution in [3.8, 4) is 0 Å². The van der Waals surface area contributed by atoms with Crippen molar-refractivity contribution in [1.29, 1.82) is 0 Å². The van der Waals surface area contributed by atoms with Crippen LogP contribution >= 0.6 is 23.2 Å². The molecule has 0 fully saturated rings. The van der Waals surface area contributed by atoms with E-state index in [1.54, 1.807) is 12.1 Å². The van der Waals surface area contributed by atoms with E-state index in [9.17, 15) is 17.6 Å². The van der Waals surface area contributed by atoms with E-state index in [1.165, 1.54) is 31.1 Å². The molecule has 0 aliphatic carbocycles. The maximum atomic E-state index is 13.7. The van der Waals surface area contributed by atoms with Crippen LogP contribution in [0.2, 0.25) is 10.0 Å². The second-order valence-corrected chi connectivity index (χ2v) is 9.00. The lowest BCUT2D eigenvalue weighted by Gasteiger charge is -2.19. The minimum Gasteiger partial charge on any atom is -0.308 e. The molecule has 1 aliphatic heterocycles. The maximum absolute atomic E-state index is 13.7. The number of benzene rings is 2. The van der Waals surface area contributed by atoms with Gasteiger partial charge < -0.3 is 4.90 Å². The van der Waals surface area contributed by atoms with Gasteiger partial charge in [0, 0.05) is 26.3 Å². The summed E-state index contributed by atoms with van der Waals surface area (Å²) < 4.78 is 39.4. The molecular formula is C17H15Cl2FN2O3S. The van der Waals surface area contributed by atoms with E-state index in [4.69, 9.17) is 23.2 Å². The van der Waals surface area contributed by atoms with Crippen LogP contribution in [0.25, 0.3) is 0 Å². The normalized spacial score (nSPS) is 14.0. The summed E-state index contributed by atoms with van der Waals surface area (Å²) >= 11 is 11.7. The van der Waals surface area contributed by atoms with Gasteiger partial charge in [-0.15, -0.1) is 0 Å². The van der Waals surface area contributed by atoms with E-state index in [2.05, 4.69) is 0 Å². The quantitative estimate of drug-likeness (QED) is 0.718. The fraction of sp³-hybridized carbons (Fsp3) is 0.235. The monoisotopic (exact) mass is 416 g/mol. The summed E-state index contributed by atoms with van der Waals surface area (Å²) in [7, 11) is -0.653. The third-order valence-corrected chi connectivity index (χ3v) is 6.62. The van der Waals surface area contributed by atoms with Crippen molar-refractivity contribution in [3.63, 3.8) is 0 Å². The van der Waals surface area contributed by atoms with E-state index in [0.717, 1.165) is 15.9 Å². The van der Waals surface area contributed by atoms with Crippen LogP contribution in [0.1, 0.15) is 15.9 Å². The summed E-state index contributed by atoms with van der Waals surface area (Å²) in [4.78, 5) is 14.4. The van der Waals surface area contributed by atoms with Gasteiger partial charge >= 0.3 is 0 Å². The molecule has 0 spiro atoms. The second-order valence-electron chi connectivity index (χ2n) is 6.03. The number of nitrogens with zero attached hydrogens (tertiary/aromatic N) is 2. The fourth-order valence-electron chi connectivity index (χ4n) is 2.79. The molecule has 0 atom stereocenters. The number of carbonyl (C=O) groups is 1. The van der Waals surface area contributed by atoms with Crippen LogP contribution in [0.3, 0.4) is 0 Å². The highest BCUT2D eigenvalue weighted by molar-refractivity contribution is 7.89. The largest absolute Gasteiger partial charge is 0.308 e. The predicted molar refractivity (Wildman–Crippen MR) is 99.1 cm³/mol. The molecule has 1 heterocycles. The van der Waals surface area contributed by atoms with Gasteiger partial charge in [0.25, 0.3) is 5.91 Å². The first kappa shape index (κ1) is 19.1. The summed E-state index contributed by atoms with van der Waals surface area (Å²) in [5.74, 6) is -1.20. The molecule has 138 valence electrons. The lowest BCUT2D eigenvalue weighted by atomic mass is 10.1. The van der Waals surface area contributed by atoms with Gasteiger partial charge in [-0.1, -0.05) is 23.2 Å². The van der Waals surface area contributed by atoms with E-state index >= 15 is 0 Å². The average Bonchev–Trinajstić information content (AvgIpc) is 3.00. The Morgan fingerprint density at radius 2 is 1.85 bits per heavy atom. The van der Waals surface area contributed by atoms with Crippen LogP contribution in [0.5, 0.6) is 0 Å². The van der Waals surface area contributed by atoms with Crippen LogP contribution in [0, 0.1) is 5.82 Å². The molecule has 5 nitrogen and oxygen atoms in total. The molecule has 0 saturated carbocycles. The van der Waals surface area contributed by atoms with Gasteiger partial charge in [0.15, 0.2) is 0 Å². The number of anilines is 1. The van der Waals surface area contributed by atoms with Gasteiger partial charge in [0.2, 0.25) is 10.0 Å². The molecule has 1 amide bonds. The molecule has 2 aromatic rings. The molecule has 0 radical (unpaired) electrons. The van der Waals surface area contributed by atoms with Crippen molar-refractivity contribution in [2.45, 2.75) is 11.3 Å². The summed E-state index contributed by atoms with van der Waals surface area (Å²) in [6.07, 6.45) is 0.492. The van der Waals surface area contributed by atoms with Crippen LogP contribution in [0.15, 0.2) is 35.2 Å². The first-order chi connectivity index (χ1) is 12.1. The van der Waals surface area contributed by atoms with Crippen molar-refractivity contribution in [2.75, 3.05) is 25.5 Å². The number of hydrogen-bond donors (Lipinski definition) is 0. The number of fused-ring (bicyclic) bond motifs is 1. The van der Waals surface area contributed by atoms with Crippen molar-refractivity contribution in [3.05, 3.63) is 57.3 Å². The standard InChI is InChI=1S/C17H15Cl2FN2O3S/c1-21(2)26(24,25)11-3-4-16-10(7-11)5-6-22(16)17(23)12-8-15(20)14(19)9-13(12)18/h3-4,7-9H,5-6H2,1-2H3. The number of hydrogen-bond acceptors (Lipinski definition) is 3. The number of amides is 1. The third-order valence-electron chi connectivity index (χ3n) is 4.21. The van der Waals surface area contributed by atoms with Gasteiger partial charge in [0.1, 0.15) is 5.82 Å². The smallest absolute Gasteiger partial charge is 0.259 e. The molecule has 9 heteroatoms. The Balaban J connectivity index is 1.98. The van der Waals surface area contributed by atoms with Crippen molar-refractivity contribution >= 4 is 44.8 Å². The Morgan fingerprint density at radius 1 is 1.15 bits per heavy atom. The zero-order chi connectivity index (χ0) is 19.2. The van der Waals surface area contributed by atoms with E-state index in [-0.39, 0.29) is 20.5 Å². The fourth-order valence-corrected chi connectivity index (χ4v) is 4.21. The minimum atomic E-state index is -3.56. The number of halogens is 3. The van der Waals surface area contributed by atoms with Crippen molar-refractivity contribution in [2.24, 2.45) is 0 Å². The Hall–Kier alpha value is -1.67.